The molecular formula is C13H9NSe2. The average molecular weight is 337 g/mol. The molecule has 0 aliphatic rings. The number of aromatic nitrogens is 1. The predicted molar refractivity (Wildman–Crippen MR) is 71.8 cm³/mol. The molecule has 1 nitrogen and oxygen atoms in total. The standard InChI is InChI=1S/C13H9NSe2/c1-14-9-6-7-15-12(9)13-11(14)8-4-2-3-5-10(8)16-13/h2-7H,1H3. The van der Waals surface area contributed by atoms with Gasteiger partial charge in [-0.05, 0) is 0 Å². The summed E-state index contributed by atoms with van der Waals surface area (Å²) in [6, 6.07) is 11.2. The van der Waals surface area contributed by atoms with Crippen LogP contribution in [-0.4, -0.2) is 33.6 Å². The Bertz CT molecular complexity index is 816. The molecule has 0 spiro atoms. The Balaban J connectivity index is 2.42. The number of nitrogens with zero attached hydrogens (tertiary/aromatic N) is 1. The van der Waals surface area contributed by atoms with E-state index < -0.39 is 0 Å². The van der Waals surface area contributed by atoms with Crippen LogP contribution in [-0.2, 0) is 7.05 Å². The van der Waals surface area contributed by atoms with Crippen LogP contribution in [0.3, 0.4) is 0 Å². The van der Waals surface area contributed by atoms with Gasteiger partial charge in [-0.3, -0.25) is 0 Å². The fraction of sp³-hybridized carbons (Fsp3) is 0.0769. The maximum atomic E-state index is 2.39. The molecule has 0 aliphatic carbocycles. The molecule has 4 rings (SSSR count). The monoisotopic (exact) mass is 339 g/mol. The molecule has 3 heteroatoms. The van der Waals surface area contributed by atoms with E-state index in [-0.39, 0.29) is 0 Å². The second-order valence-corrected chi connectivity index (χ2v) is 8.10. The third-order valence-corrected chi connectivity index (χ3v) is 8.17. The summed E-state index contributed by atoms with van der Waals surface area (Å²) in [5.74, 6) is 0. The van der Waals surface area contributed by atoms with Crippen LogP contribution in [0, 0.1) is 0 Å². The number of aryl methyl sites for hydroxylation is 1. The molecule has 0 N–H and O–H groups in total. The summed E-state index contributed by atoms with van der Waals surface area (Å²) < 4.78 is 7.24. The van der Waals surface area contributed by atoms with Crippen molar-refractivity contribution in [2.75, 3.05) is 0 Å². The summed E-state index contributed by atoms with van der Waals surface area (Å²) >= 11 is 1.11. The van der Waals surface area contributed by atoms with Gasteiger partial charge in [-0.2, -0.15) is 0 Å². The summed E-state index contributed by atoms with van der Waals surface area (Å²) in [6.45, 7) is 0. The van der Waals surface area contributed by atoms with Gasteiger partial charge in [0.25, 0.3) is 0 Å². The molecule has 0 unspecified atom stereocenters. The van der Waals surface area contributed by atoms with Gasteiger partial charge in [0.05, 0.1) is 0 Å². The van der Waals surface area contributed by atoms with Crippen molar-refractivity contribution in [1.82, 2.24) is 4.57 Å². The minimum absolute atomic E-state index is 0.533. The van der Waals surface area contributed by atoms with Crippen LogP contribution in [0.1, 0.15) is 0 Å². The normalized spacial score (nSPS) is 12.1. The number of fused-ring (bicyclic) bond motifs is 5. The fourth-order valence-corrected chi connectivity index (χ4v) is 7.64. The molecule has 4 aromatic rings. The van der Waals surface area contributed by atoms with E-state index in [1.807, 2.05) is 0 Å². The Morgan fingerprint density at radius 1 is 1.06 bits per heavy atom. The second-order valence-electron chi connectivity index (χ2n) is 3.97. The molecule has 3 heterocycles. The zero-order chi connectivity index (χ0) is 10.7. The quantitative estimate of drug-likeness (QED) is 0.435. The van der Waals surface area contributed by atoms with E-state index in [1.54, 1.807) is 12.8 Å². The van der Waals surface area contributed by atoms with Crippen LogP contribution < -0.4 is 0 Å². The van der Waals surface area contributed by atoms with Gasteiger partial charge in [0.1, 0.15) is 0 Å². The van der Waals surface area contributed by atoms with Crippen molar-refractivity contribution in [3.8, 4) is 0 Å². The van der Waals surface area contributed by atoms with E-state index in [9.17, 15) is 0 Å². The zero-order valence-corrected chi connectivity index (χ0v) is 12.2. The van der Waals surface area contributed by atoms with E-state index in [4.69, 9.17) is 0 Å². The molecule has 0 amide bonds. The van der Waals surface area contributed by atoms with Crippen molar-refractivity contribution < 1.29 is 0 Å². The van der Waals surface area contributed by atoms with Crippen molar-refractivity contribution in [3.05, 3.63) is 35.3 Å². The maximum absolute atomic E-state index is 2.39. The van der Waals surface area contributed by atoms with Crippen LogP contribution >= 0.6 is 0 Å². The molecule has 0 saturated heterocycles. The SMILES string of the molecule is Cn1c2cc[se]c2c2[se]c3ccccc3c21. The van der Waals surface area contributed by atoms with Crippen LogP contribution in [0.5, 0.6) is 0 Å². The third-order valence-electron chi connectivity index (χ3n) is 3.12. The summed E-state index contributed by atoms with van der Waals surface area (Å²) in [5.41, 5.74) is 2.95. The fourth-order valence-electron chi connectivity index (χ4n) is 2.38. The van der Waals surface area contributed by atoms with E-state index in [0.29, 0.717) is 29.0 Å². The Kier molecular flexibility index (Phi) is 1.83. The van der Waals surface area contributed by atoms with Gasteiger partial charge in [0, 0.05) is 0 Å². The average Bonchev–Trinajstić information content (AvgIpc) is 2.95. The molecule has 1 aromatic carbocycles. The summed E-state index contributed by atoms with van der Waals surface area (Å²) in [7, 11) is 2.21. The first-order valence-corrected chi connectivity index (χ1v) is 8.75. The molecule has 16 heavy (non-hydrogen) atoms. The number of hydrogen-bond acceptors (Lipinski definition) is 0. The topological polar surface area (TPSA) is 4.93 Å². The first kappa shape index (κ1) is 9.32. The summed E-state index contributed by atoms with van der Waals surface area (Å²) in [5, 5.41) is 1.47. The Morgan fingerprint density at radius 3 is 2.88 bits per heavy atom. The van der Waals surface area contributed by atoms with Gasteiger partial charge in [-0.15, -0.1) is 0 Å². The van der Waals surface area contributed by atoms with E-state index in [2.05, 4.69) is 46.9 Å². The van der Waals surface area contributed by atoms with Gasteiger partial charge in [0.15, 0.2) is 0 Å². The molecule has 0 fully saturated rings. The van der Waals surface area contributed by atoms with Gasteiger partial charge < -0.3 is 0 Å². The molecule has 0 saturated carbocycles. The van der Waals surface area contributed by atoms with Crippen molar-refractivity contribution in [3.63, 3.8) is 0 Å². The first-order valence-electron chi connectivity index (χ1n) is 5.19. The molecule has 0 radical (unpaired) electrons. The van der Waals surface area contributed by atoms with Crippen molar-refractivity contribution in [2.24, 2.45) is 7.05 Å². The molecule has 0 aliphatic heterocycles. The van der Waals surface area contributed by atoms with Crippen molar-refractivity contribution >= 4 is 58.2 Å². The van der Waals surface area contributed by atoms with Gasteiger partial charge in [-0.25, -0.2) is 0 Å². The van der Waals surface area contributed by atoms with Crippen LogP contribution in [0.4, 0.5) is 0 Å². The summed E-state index contributed by atoms with van der Waals surface area (Å²) in [6.07, 6.45) is 0. The molecule has 0 atom stereocenters. The van der Waals surface area contributed by atoms with Crippen LogP contribution in [0.25, 0.3) is 29.2 Å². The number of benzene rings is 1. The number of hydrogen-bond donors (Lipinski definition) is 0. The molecular weight excluding hydrogens is 328 g/mol. The van der Waals surface area contributed by atoms with Crippen molar-refractivity contribution in [1.29, 1.82) is 0 Å². The van der Waals surface area contributed by atoms with E-state index in [1.165, 1.54) is 16.4 Å². The molecule has 0 bridgehead atoms. The van der Waals surface area contributed by atoms with Crippen molar-refractivity contribution in [2.45, 2.75) is 0 Å². The van der Waals surface area contributed by atoms with Gasteiger partial charge in [-0.1, -0.05) is 0 Å². The third kappa shape index (κ3) is 1.02. The van der Waals surface area contributed by atoms with Gasteiger partial charge in [0.2, 0.25) is 0 Å². The minimum atomic E-state index is 0.533. The first-order chi connectivity index (χ1) is 7.86. The molecule has 78 valence electrons. The van der Waals surface area contributed by atoms with E-state index >= 15 is 0 Å². The van der Waals surface area contributed by atoms with Crippen LogP contribution in [0.15, 0.2) is 35.3 Å². The zero-order valence-electron chi connectivity index (χ0n) is 8.73. The Labute approximate surface area is 105 Å². The summed E-state index contributed by atoms with van der Waals surface area (Å²) in [4.78, 5) is 2.34. The Hall–Kier alpha value is -0.721. The molecule has 3 aromatic heterocycles. The van der Waals surface area contributed by atoms with E-state index in [0.717, 1.165) is 0 Å². The Morgan fingerprint density at radius 2 is 1.94 bits per heavy atom. The number of rotatable bonds is 0. The second kappa shape index (κ2) is 3.15. The van der Waals surface area contributed by atoms with Crippen LogP contribution in [0.2, 0.25) is 0 Å². The van der Waals surface area contributed by atoms with Gasteiger partial charge >= 0.3 is 105 Å². The predicted octanol–water partition coefficient (Wildman–Crippen LogP) is 2.60.